The van der Waals surface area contributed by atoms with Gasteiger partial charge in [0, 0.05) is 51.5 Å². The molecular formula is C16H22F2N4. The van der Waals surface area contributed by atoms with Crippen molar-refractivity contribution in [3.8, 4) is 0 Å². The maximum absolute atomic E-state index is 14.7. The molecule has 4 rings (SSSR count). The zero-order valence-electron chi connectivity index (χ0n) is 12.7. The zero-order chi connectivity index (χ0) is 15.2. The molecule has 2 aliphatic heterocycles. The molecule has 1 spiro atoms. The summed E-state index contributed by atoms with van der Waals surface area (Å²) in [5.41, 5.74) is -0.931. The lowest BCUT2D eigenvalue weighted by Gasteiger charge is -2.46. The van der Waals surface area contributed by atoms with Crippen LogP contribution in [-0.2, 0) is 0 Å². The number of hydrogen-bond donors (Lipinski definition) is 0. The summed E-state index contributed by atoms with van der Waals surface area (Å²) >= 11 is 0. The van der Waals surface area contributed by atoms with E-state index in [0.29, 0.717) is 38.5 Å². The van der Waals surface area contributed by atoms with Crippen molar-refractivity contribution in [2.75, 3.05) is 37.6 Å². The Balaban J connectivity index is 1.52. The van der Waals surface area contributed by atoms with Gasteiger partial charge in [0.25, 0.3) is 5.92 Å². The summed E-state index contributed by atoms with van der Waals surface area (Å²) in [5, 5.41) is 0. The van der Waals surface area contributed by atoms with Gasteiger partial charge in [0.1, 0.15) is 0 Å². The fraction of sp³-hybridized carbons (Fsp3) is 0.750. The van der Waals surface area contributed by atoms with Crippen molar-refractivity contribution in [2.24, 2.45) is 11.3 Å². The molecule has 3 heterocycles. The highest BCUT2D eigenvalue weighted by Gasteiger charge is 2.59. The summed E-state index contributed by atoms with van der Waals surface area (Å²) in [6, 6.07) is 1.75. The van der Waals surface area contributed by atoms with Crippen LogP contribution in [-0.4, -0.2) is 53.5 Å². The topological polar surface area (TPSA) is 32.3 Å². The number of nitrogens with zero attached hydrogens (tertiary/aromatic N) is 4. The molecule has 0 N–H and O–H groups in total. The van der Waals surface area contributed by atoms with Gasteiger partial charge in [-0.05, 0) is 31.2 Å². The SMILES string of the molecule is FC1(F)CCN(CC2CC2)C[C@]12CCN(c1ncccn1)C2. The molecule has 1 aliphatic carbocycles. The third-order valence-electron chi connectivity index (χ3n) is 5.45. The highest BCUT2D eigenvalue weighted by Crippen LogP contribution is 2.50. The maximum Gasteiger partial charge on any atom is 0.257 e. The van der Waals surface area contributed by atoms with E-state index in [1.807, 2.05) is 4.90 Å². The van der Waals surface area contributed by atoms with Crippen LogP contribution >= 0.6 is 0 Å². The number of likely N-dealkylation sites (tertiary alicyclic amines) is 1. The van der Waals surface area contributed by atoms with E-state index in [0.717, 1.165) is 12.5 Å². The zero-order valence-corrected chi connectivity index (χ0v) is 12.7. The predicted molar refractivity (Wildman–Crippen MR) is 80.0 cm³/mol. The lowest BCUT2D eigenvalue weighted by molar-refractivity contribution is -0.157. The second-order valence-electron chi connectivity index (χ2n) is 7.13. The molecule has 1 aromatic rings. The number of halogens is 2. The van der Waals surface area contributed by atoms with Crippen molar-refractivity contribution in [2.45, 2.75) is 31.6 Å². The second kappa shape index (κ2) is 5.11. The molecule has 0 amide bonds. The molecule has 3 aliphatic rings. The summed E-state index contributed by atoms with van der Waals surface area (Å²) in [5.74, 6) is -1.26. The first-order chi connectivity index (χ1) is 10.6. The van der Waals surface area contributed by atoms with Crippen molar-refractivity contribution < 1.29 is 8.78 Å². The molecule has 6 heteroatoms. The van der Waals surface area contributed by atoms with Gasteiger partial charge in [-0.3, -0.25) is 0 Å². The Labute approximate surface area is 129 Å². The second-order valence-corrected chi connectivity index (χ2v) is 7.13. The molecular weight excluding hydrogens is 286 g/mol. The van der Waals surface area contributed by atoms with Gasteiger partial charge in [-0.25, -0.2) is 18.7 Å². The summed E-state index contributed by atoms with van der Waals surface area (Å²) in [4.78, 5) is 12.6. The summed E-state index contributed by atoms with van der Waals surface area (Å²) in [6.45, 7) is 3.04. The number of aromatic nitrogens is 2. The van der Waals surface area contributed by atoms with Gasteiger partial charge in [-0.15, -0.1) is 0 Å². The Bertz CT molecular complexity index is 534. The summed E-state index contributed by atoms with van der Waals surface area (Å²) < 4.78 is 29.4. The van der Waals surface area contributed by atoms with Crippen molar-refractivity contribution in [3.63, 3.8) is 0 Å². The van der Waals surface area contributed by atoms with Gasteiger partial charge >= 0.3 is 0 Å². The van der Waals surface area contributed by atoms with Crippen molar-refractivity contribution >= 4 is 5.95 Å². The Morgan fingerprint density at radius 2 is 1.86 bits per heavy atom. The van der Waals surface area contributed by atoms with E-state index in [2.05, 4.69) is 14.9 Å². The molecule has 120 valence electrons. The normalized spacial score (nSPS) is 31.8. The smallest absolute Gasteiger partial charge is 0.257 e. The number of hydrogen-bond acceptors (Lipinski definition) is 4. The molecule has 0 aromatic carbocycles. The molecule has 1 atom stereocenters. The predicted octanol–water partition coefficient (Wildman–Crippen LogP) is 2.42. The van der Waals surface area contributed by atoms with Crippen LogP contribution in [0, 0.1) is 11.3 Å². The van der Waals surface area contributed by atoms with Crippen LogP contribution in [0.15, 0.2) is 18.5 Å². The first kappa shape index (κ1) is 14.3. The standard InChI is InChI=1S/C16H22F2N4/c17-16(18)5-8-21(10-13-2-3-13)11-15(16)4-9-22(12-15)14-19-6-1-7-20-14/h1,6-7,13H,2-5,8-12H2/t15-/m0/s1. The summed E-state index contributed by atoms with van der Waals surface area (Å²) in [7, 11) is 0. The van der Waals surface area contributed by atoms with Gasteiger partial charge in [-0.1, -0.05) is 0 Å². The van der Waals surface area contributed by atoms with E-state index in [4.69, 9.17) is 0 Å². The molecule has 0 bridgehead atoms. The summed E-state index contributed by atoms with van der Waals surface area (Å²) in [6.07, 6.45) is 6.40. The minimum atomic E-state index is -2.59. The van der Waals surface area contributed by atoms with Gasteiger partial charge in [0.15, 0.2) is 0 Å². The van der Waals surface area contributed by atoms with Crippen molar-refractivity contribution in [1.82, 2.24) is 14.9 Å². The number of anilines is 1. The average molecular weight is 308 g/mol. The largest absolute Gasteiger partial charge is 0.340 e. The average Bonchev–Trinajstić information content (AvgIpc) is 3.22. The van der Waals surface area contributed by atoms with Gasteiger partial charge in [0.05, 0.1) is 5.41 Å². The third-order valence-corrected chi connectivity index (χ3v) is 5.45. The van der Waals surface area contributed by atoms with Crippen LogP contribution in [0.5, 0.6) is 0 Å². The Morgan fingerprint density at radius 1 is 1.09 bits per heavy atom. The van der Waals surface area contributed by atoms with Crippen molar-refractivity contribution in [1.29, 1.82) is 0 Å². The van der Waals surface area contributed by atoms with E-state index >= 15 is 0 Å². The van der Waals surface area contributed by atoms with Crippen LogP contribution in [0.2, 0.25) is 0 Å². The number of alkyl halides is 2. The van der Waals surface area contributed by atoms with Gasteiger partial charge in [0.2, 0.25) is 5.95 Å². The van der Waals surface area contributed by atoms with Gasteiger partial charge in [-0.2, -0.15) is 0 Å². The molecule has 2 saturated heterocycles. The highest BCUT2D eigenvalue weighted by molar-refractivity contribution is 5.33. The monoisotopic (exact) mass is 308 g/mol. The lowest BCUT2D eigenvalue weighted by Crippen LogP contribution is -2.57. The van der Waals surface area contributed by atoms with Crippen LogP contribution in [0.25, 0.3) is 0 Å². The Kier molecular flexibility index (Phi) is 3.33. The number of piperidine rings is 1. The van der Waals surface area contributed by atoms with Gasteiger partial charge < -0.3 is 9.80 Å². The van der Waals surface area contributed by atoms with E-state index in [1.165, 1.54) is 12.8 Å². The van der Waals surface area contributed by atoms with Crippen LogP contribution in [0.1, 0.15) is 25.7 Å². The number of rotatable bonds is 3. The minimum absolute atomic E-state index is 0.0107. The third kappa shape index (κ3) is 2.47. The highest BCUT2D eigenvalue weighted by atomic mass is 19.3. The lowest BCUT2D eigenvalue weighted by atomic mass is 9.75. The fourth-order valence-electron chi connectivity index (χ4n) is 3.93. The van der Waals surface area contributed by atoms with E-state index in [9.17, 15) is 8.78 Å². The first-order valence-corrected chi connectivity index (χ1v) is 8.20. The first-order valence-electron chi connectivity index (χ1n) is 8.20. The van der Waals surface area contributed by atoms with E-state index in [1.54, 1.807) is 18.5 Å². The Hall–Kier alpha value is -1.30. The molecule has 3 fully saturated rings. The van der Waals surface area contributed by atoms with Crippen LogP contribution < -0.4 is 4.90 Å². The molecule has 1 aromatic heterocycles. The molecule has 1 saturated carbocycles. The molecule has 0 radical (unpaired) electrons. The Morgan fingerprint density at radius 3 is 2.59 bits per heavy atom. The molecule has 4 nitrogen and oxygen atoms in total. The van der Waals surface area contributed by atoms with Crippen molar-refractivity contribution in [3.05, 3.63) is 18.5 Å². The van der Waals surface area contributed by atoms with E-state index in [-0.39, 0.29) is 6.42 Å². The molecule has 22 heavy (non-hydrogen) atoms. The maximum atomic E-state index is 14.7. The molecule has 0 unspecified atom stereocenters. The minimum Gasteiger partial charge on any atom is -0.340 e. The van der Waals surface area contributed by atoms with Crippen LogP contribution in [0.4, 0.5) is 14.7 Å². The quantitative estimate of drug-likeness (QED) is 0.858. The fourth-order valence-corrected chi connectivity index (χ4v) is 3.93. The van der Waals surface area contributed by atoms with Crippen LogP contribution in [0.3, 0.4) is 0 Å². The van der Waals surface area contributed by atoms with E-state index < -0.39 is 11.3 Å².